The van der Waals surface area contributed by atoms with Crippen molar-refractivity contribution in [2.45, 2.75) is 44.4 Å². The van der Waals surface area contributed by atoms with Crippen LogP contribution in [0, 0.1) is 0 Å². The Kier molecular flexibility index (Phi) is 6.27. The second-order valence-corrected chi connectivity index (χ2v) is 7.92. The summed E-state index contributed by atoms with van der Waals surface area (Å²) in [6.45, 7) is 4.55. The highest BCUT2D eigenvalue weighted by atomic mass is 16.5. The van der Waals surface area contributed by atoms with E-state index in [1.165, 1.54) is 50.9 Å². The van der Waals surface area contributed by atoms with Gasteiger partial charge < -0.3 is 15.0 Å². The zero-order valence-electron chi connectivity index (χ0n) is 16.5. The molecule has 0 bridgehead atoms. The van der Waals surface area contributed by atoms with E-state index in [0.717, 1.165) is 30.0 Å². The smallest absolute Gasteiger partial charge is 0.225 e. The zero-order valence-corrected chi connectivity index (χ0v) is 16.5. The number of nitrogens with zero attached hydrogens (tertiary/aromatic N) is 1. The van der Waals surface area contributed by atoms with Gasteiger partial charge in [-0.2, -0.15) is 0 Å². The molecule has 2 aliphatic heterocycles. The summed E-state index contributed by atoms with van der Waals surface area (Å²) in [5.74, 6) is 1.07. The summed E-state index contributed by atoms with van der Waals surface area (Å²) in [5.41, 5.74) is 3.23. The molecule has 1 N–H and O–H groups in total. The molecule has 1 saturated heterocycles. The van der Waals surface area contributed by atoms with Crippen molar-refractivity contribution in [2.24, 2.45) is 0 Å². The van der Waals surface area contributed by atoms with E-state index in [4.69, 9.17) is 4.74 Å². The molecule has 1 amide bonds. The van der Waals surface area contributed by atoms with Crippen LogP contribution in [0.15, 0.2) is 48.5 Å². The number of fused-ring (bicyclic) bond motifs is 1. The topological polar surface area (TPSA) is 41.6 Å². The summed E-state index contributed by atoms with van der Waals surface area (Å²) >= 11 is 0. The van der Waals surface area contributed by atoms with Gasteiger partial charge in [0.2, 0.25) is 5.91 Å². The summed E-state index contributed by atoms with van der Waals surface area (Å²) in [7, 11) is 0. The number of anilines is 1. The third-order valence-electron chi connectivity index (χ3n) is 5.85. The largest absolute Gasteiger partial charge is 0.494 e. The molecule has 148 valence electrons. The molecule has 0 radical (unpaired) electrons. The molecular formula is C24H30N2O2. The van der Waals surface area contributed by atoms with Crippen LogP contribution in [0.25, 0.3) is 0 Å². The van der Waals surface area contributed by atoms with Crippen LogP contribution in [0.3, 0.4) is 0 Å². The molecule has 0 aliphatic carbocycles. The first kappa shape index (κ1) is 19.0. The monoisotopic (exact) mass is 378 g/mol. The number of hydrogen-bond acceptors (Lipinski definition) is 3. The van der Waals surface area contributed by atoms with Gasteiger partial charge in [-0.3, -0.25) is 4.79 Å². The van der Waals surface area contributed by atoms with Crippen LogP contribution >= 0.6 is 0 Å². The van der Waals surface area contributed by atoms with E-state index in [1.807, 2.05) is 30.3 Å². The van der Waals surface area contributed by atoms with Crippen LogP contribution in [-0.2, 0) is 4.79 Å². The van der Waals surface area contributed by atoms with Crippen molar-refractivity contribution >= 4 is 11.6 Å². The molecule has 0 saturated carbocycles. The van der Waals surface area contributed by atoms with E-state index in [1.54, 1.807) is 0 Å². The molecule has 28 heavy (non-hydrogen) atoms. The normalized spacial score (nSPS) is 19.3. The molecule has 0 aromatic heterocycles. The van der Waals surface area contributed by atoms with E-state index in [2.05, 4.69) is 28.4 Å². The molecule has 2 aliphatic rings. The lowest BCUT2D eigenvalue weighted by Gasteiger charge is -2.26. The van der Waals surface area contributed by atoms with Crippen LogP contribution in [0.2, 0.25) is 0 Å². The van der Waals surface area contributed by atoms with Crippen molar-refractivity contribution in [3.63, 3.8) is 0 Å². The van der Waals surface area contributed by atoms with Crippen molar-refractivity contribution in [2.75, 3.05) is 31.6 Å². The van der Waals surface area contributed by atoms with E-state index >= 15 is 0 Å². The second kappa shape index (κ2) is 9.24. The van der Waals surface area contributed by atoms with Crippen molar-refractivity contribution in [1.82, 2.24) is 4.90 Å². The van der Waals surface area contributed by atoms with Crippen LogP contribution < -0.4 is 10.1 Å². The third kappa shape index (κ3) is 4.74. The number of hydrogen-bond donors (Lipinski definition) is 1. The number of amides is 1. The molecule has 2 heterocycles. The third-order valence-corrected chi connectivity index (χ3v) is 5.85. The van der Waals surface area contributed by atoms with E-state index in [-0.39, 0.29) is 11.8 Å². The summed E-state index contributed by atoms with van der Waals surface area (Å²) < 4.78 is 6.03. The van der Waals surface area contributed by atoms with Crippen molar-refractivity contribution in [1.29, 1.82) is 0 Å². The maximum atomic E-state index is 12.1. The number of unbranched alkanes of at least 4 members (excludes halogenated alkanes) is 2. The maximum Gasteiger partial charge on any atom is 0.225 e. The number of carbonyl (C=O) groups excluding carboxylic acids is 1. The molecule has 1 unspecified atom stereocenters. The Labute approximate surface area is 167 Å². The number of ether oxygens (including phenoxy) is 1. The summed E-state index contributed by atoms with van der Waals surface area (Å²) in [6.07, 6.45) is 6.78. The van der Waals surface area contributed by atoms with Crippen LogP contribution in [0.1, 0.15) is 55.6 Å². The van der Waals surface area contributed by atoms with Crippen LogP contribution in [0.5, 0.6) is 5.75 Å². The molecule has 2 aromatic carbocycles. The van der Waals surface area contributed by atoms with E-state index in [9.17, 15) is 4.79 Å². The SMILES string of the molecule is O=C1CC(c2ccccc2)c2cc(OCCCCCN3CCCC3)ccc2N1. The molecule has 0 spiro atoms. The predicted octanol–water partition coefficient (Wildman–Crippen LogP) is 4.81. The van der Waals surface area contributed by atoms with E-state index < -0.39 is 0 Å². The van der Waals surface area contributed by atoms with Gasteiger partial charge >= 0.3 is 0 Å². The van der Waals surface area contributed by atoms with Gasteiger partial charge in [0.05, 0.1) is 6.61 Å². The molecule has 4 nitrogen and oxygen atoms in total. The maximum absolute atomic E-state index is 12.1. The fourth-order valence-electron chi connectivity index (χ4n) is 4.32. The van der Waals surface area contributed by atoms with Gasteiger partial charge in [-0.15, -0.1) is 0 Å². The van der Waals surface area contributed by atoms with Crippen molar-refractivity contribution in [3.8, 4) is 5.75 Å². The van der Waals surface area contributed by atoms with Gasteiger partial charge in [0.1, 0.15) is 5.75 Å². The Morgan fingerprint density at radius 1 is 1.00 bits per heavy atom. The highest BCUT2D eigenvalue weighted by Gasteiger charge is 2.26. The number of benzene rings is 2. The second-order valence-electron chi connectivity index (χ2n) is 7.92. The lowest BCUT2D eigenvalue weighted by molar-refractivity contribution is -0.116. The van der Waals surface area contributed by atoms with Gasteiger partial charge in [-0.25, -0.2) is 0 Å². The molecule has 4 rings (SSSR count). The van der Waals surface area contributed by atoms with E-state index in [0.29, 0.717) is 6.42 Å². The number of likely N-dealkylation sites (tertiary alicyclic amines) is 1. The van der Waals surface area contributed by atoms with Crippen molar-refractivity contribution < 1.29 is 9.53 Å². The van der Waals surface area contributed by atoms with Gasteiger partial charge in [0, 0.05) is 18.0 Å². The Bertz CT molecular complexity index is 784. The fraction of sp³-hybridized carbons (Fsp3) is 0.458. The fourth-order valence-corrected chi connectivity index (χ4v) is 4.32. The molecule has 1 atom stereocenters. The minimum Gasteiger partial charge on any atom is -0.494 e. The molecule has 4 heteroatoms. The Hall–Kier alpha value is -2.33. The highest BCUT2D eigenvalue weighted by Crippen LogP contribution is 2.38. The number of carbonyl (C=O) groups is 1. The lowest BCUT2D eigenvalue weighted by atomic mass is 9.85. The summed E-state index contributed by atoms with van der Waals surface area (Å²) in [4.78, 5) is 14.7. The Morgan fingerprint density at radius 3 is 2.64 bits per heavy atom. The number of rotatable bonds is 8. The first-order chi connectivity index (χ1) is 13.8. The van der Waals surface area contributed by atoms with Gasteiger partial charge in [-0.05, 0) is 81.1 Å². The quantitative estimate of drug-likeness (QED) is 0.671. The standard InChI is InChI=1S/C24H30N2O2/c27-24-18-21(19-9-3-1-4-10-19)22-17-20(11-12-23(22)25-24)28-16-8-2-5-13-26-14-6-7-15-26/h1,3-4,9-12,17,21H,2,5-8,13-16,18H2,(H,25,27). The first-order valence-corrected chi connectivity index (χ1v) is 10.6. The minimum absolute atomic E-state index is 0.0769. The molecular weight excluding hydrogens is 348 g/mol. The van der Waals surface area contributed by atoms with Gasteiger partial charge in [0.15, 0.2) is 0 Å². The average molecular weight is 379 g/mol. The predicted molar refractivity (Wildman–Crippen MR) is 113 cm³/mol. The number of nitrogens with one attached hydrogen (secondary N) is 1. The van der Waals surface area contributed by atoms with Gasteiger partial charge in [-0.1, -0.05) is 30.3 Å². The highest BCUT2D eigenvalue weighted by molar-refractivity contribution is 5.95. The lowest BCUT2D eigenvalue weighted by Crippen LogP contribution is -2.23. The van der Waals surface area contributed by atoms with Gasteiger partial charge in [0.25, 0.3) is 0 Å². The zero-order chi connectivity index (χ0) is 19.2. The van der Waals surface area contributed by atoms with Crippen LogP contribution in [0.4, 0.5) is 5.69 Å². The Balaban J connectivity index is 1.33. The van der Waals surface area contributed by atoms with Crippen LogP contribution in [-0.4, -0.2) is 37.0 Å². The average Bonchev–Trinajstić information content (AvgIpc) is 3.24. The molecule has 1 fully saturated rings. The van der Waals surface area contributed by atoms with Crippen molar-refractivity contribution in [3.05, 3.63) is 59.7 Å². The Morgan fingerprint density at radius 2 is 1.82 bits per heavy atom. The summed E-state index contributed by atoms with van der Waals surface area (Å²) in [5, 5.41) is 3.00. The molecule has 2 aromatic rings. The first-order valence-electron chi connectivity index (χ1n) is 10.6. The summed E-state index contributed by atoms with van der Waals surface area (Å²) in [6, 6.07) is 16.3. The minimum atomic E-state index is 0.0769.